The van der Waals surface area contributed by atoms with Crippen LogP contribution in [0.5, 0.6) is 0 Å². The van der Waals surface area contributed by atoms with Crippen molar-refractivity contribution in [3.05, 3.63) is 41.6 Å². The molecule has 1 amide bonds. The predicted octanol–water partition coefficient (Wildman–Crippen LogP) is 3.00. The van der Waals surface area contributed by atoms with E-state index in [1.807, 2.05) is 57.0 Å². The molecule has 0 atom stereocenters. The Hall–Kier alpha value is -2.43. The lowest BCUT2D eigenvalue weighted by Crippen LogP contribution is -2.30. The van der Waals surface area contributed by atoms with Crippen LogP contribution in [0.4, 0.5) is 5.82 Å². The average Bonchev–Trinajstić information content (AvgIpc) is 2.59. The van der Waals surface area contributed by atoms with Crippen LogP contribution in [0, 0.1) is 6.92 Å². The van der Waals surface area contributed by atoms with Crippen molar-refractivity contribution in [2.24, 2.45) is 0 Å². The van der Waals surface area contributed by atoms with Crippen molar-refractivity contribution in [2.45, 2.75) is 20.8 Å². The predicted molar refractivity (Wildman–Crippen MR) is 93.8 cm³/mol. The Bertz CT molecular complexity index is 699. The van der Waals surface area contributed by atoms with E-state index in [1.54, 1.807) is 18.1 Å². The van der Waals surface area contributed by atoms with E-state index in [-0.39, 0.29) is 5.91 Å². The highest BCUT2D eigenvalue weighted by molar-refractivity contribution is 5.98. The monoisotopic (exact) mass is 312 g/mol. The maximum Gasteiger partial charge on any atom is 0.258 e. The molecule has 2 rings (SSSR count). The van der Waals surface area contributed by atoms with Gasteiger partial charge in [-0.2, -0.15) is 0 Å². The standard InChI is InChI=1S/C18H24N4O/c1-6-21(4)17-15(18(23)22(5)7-2)12-19-16(20-17)14-10-8-9-13(3)11-14/h8-12H,6-7H2,1-5H3. The van der Waals surface area contributed by atoms with Gasteiger partial charge in [0, 0.05) is 38.9 Å². The molecule has 0 unspecified atom stereocenters. The quantitative estimate of drug-likeness (QED) is 0.851. The molecule has 1 aromatic heterocycles. The Morgan fingerprint density at radius 2 is 1.91 bits per heavy atom. The lowest BCUT2D eigenvalue weighted by molar-refractivity contribution is 0.0802. The van der Waals surface area contributed by atoms with Gasteiger partial charge >= 0.3 is 0 Å². The third-order valence-corrected chi connectivity index (χ3v) is 3.93. The van der Waals surface area contributed by atoms with Gasteiger partial charge in [-0.1, -0.05) is 23.8 Å². The number of aryl methyl sites for hydroxylation is 1. The van der Waals surface area contributed by atoms with Crippen LogP contribution in [-0.2, 0) is 0 Å². The van der Waals surface area contributed by atoms with Crippen molar-refractivity contribution >= 4 is 11.7 Å². The number of nitrogens with zero attached hydrogens (tertiary/aromatic N) is 4. The molecule has 5 heteroatoms. The number of amides is 1. The molecule has 2 aromatic rings. The molecule has 0 aliphatic heterocycles. The summed E-state index contributed by atoms with van der Waals surface area (Å²) >= 11 is 0. The molecule has 1 heterocycles. The first-order valence-corrected chi connectivity index (χ1v) is 7.88. The lowest BCUT2D eigenvalue weighted by atomic mass is 10.1. The number of carbonyl (C=O) groups excluding carboxylic acids is 1. The lowest BCUT2D eigenvalue weighted by Gasteiger charge is -2.22. The Kier molecular flexibility index (Phi) is 5.32. The number of benzene rings is 1. The SMILES string of the molecule is CCN(C)C(=O)c1cnc(-c2cccc(C)c2)nc1N(C)CC. The first-order chi connectivity index (χ1) is 11.0. The number of anilines is 1. The molecular weight excluding hydrogens is 288 g/mol. The molecule has 23 heavy (non-hydrogen) atoms. The molecule has 0 aliphatic rings. The van der Waals surface area contributed by atoms with Gasteiger partial charge in [-0.15, -0.1) is 0 Å². The second-order valence-electron chi connectivity index (χ2n) is 5.63. The fraction of sp³-hybridized carbons (Fsp3) is 0.389. The second kappa shape index (κ2) is 7.22. The van der Waals surface area contributed by atoms with Crippen LogP contribution < -0.4 is 4.90 Å². The van der Waals surface area contributed by atoms with Gasteiger partial charge in [-0.3, -0.25) is 4.79 Å². The maximum absolute atomic E-state index is 12.5. The van der Waals surface area contributed by atoms with Crippen LogP contribution in [0.2, 0.25) is 0 Å². The summed E-state index contributed by atoms with van der Waals surface area (Å²) < 4.78 is 0. The minimum atomic E-state index is -0.0569. The molecule has 0 saturated heterocycles. The zero-order valence-electron chi connectivity index (χ0n) is 14.5. The summed E-state index contributed by atoms with van der Waals surface area (Å²) in [5.41, 5.74) is 2.65. The van der Waals surface area contributed by atoms with E-state index in [2.05, 4.69) is 9.97 Å². The molecule has 5 nitrogen and oxygen atoms in total. The van der Waals surface area contributed by atoms with Gasteiger partial charge in [0.1, 0.15) is 11.4 Å². The number of aromatic nitrogens is 2. The molecule has 0 radical (unpaired) electrons. The molecule has 122 valence electrons. The van der Waals surface area contributed by atoms with E-state index >= 15 is 0 Å². The summed E-state index contributed by atoms with van der Waals surface area (Å²) in [6.45, 7) is 7.43. The summed E-state index contributed by atoms with van der Waals surface area (Å²) in [6.07, 6.45) is 1.64. The minimum Gasteiger partial charge on any atom is -0.359 e. The third kappa shape index (κ3) is 3.67. The van der Waals surface area contributed by atoms with Gasteiger partial charge in [0.2, 0.25) is 0 Å². The van der Waals surface area contributed by atoms with Crippen LogP contribution >= 0.6 is 0 Å². The van der Waals surface area contributed by atoms with Gasteiger partial charge in [-0.25, -0.2) is 9.97 Å². The summed E-state index contributed by atoms with van der Waals surface area (Å²) in [7, 11) is 3.72. The van der Waals surface area contributed by atoms with E-state index in [0.717, 1.165) is 17.7 Å². The van der Waals surface area contributed by atoms with Crippen molar-refractivity contribution < 1.29 is 4.79 Å². The summed E-state index contributed by atoms with van der Waals surface area (Å²) in [6, 6.07) is 8.06. The molecule has 0 bridgehead atoms. The summed E-state index contributed by atoms with van der Waals surface area (Å²) in [4.78, 5) is 25.3. The Morgan fingerprint density at radius 1 is 1.17 bits per heavy atom. The normalized spacial score (nSPS) is 10.5. The second-order valence-corrected chi connectivity index (χ2v) is 5.63. The Labute approximate surface area is 138 Å². The van der Waals surface area contributed by atoms with Gasteiger partial charge in [0.15, 0.2) is 5.82 Å². The fourth-order valence-electron chi connectivity index (χ4n) is 2.24. The molecule has 0 N–H and O–H groups in total. The summed E-state index contributed by atoms with van der Waals surface area (Å²) in [5.74, 6) is 1.25. The zero-order chi connectivity index (χ0) is 17.0. The van der Waals surface area contributed by atoms with Gasteiger partial charge in [0.25, 0.3) is 5.91 Å². The Balaban J connectivity index is 2.52. The average molecular weight is 312 g/mol. The largest absolute Gasteiger partial charge is 0.359 e. The van der Waals surface area contributed by atoms with Crippen LogP contribution in [0.1, 0.15) is 29.8 Å². The van der Waals surface area contributed by atoms with E-state index in [9.17, 15) is 4.79 Å². The number of carbonyl (C=O) groups is 1. The third-order valence-electron chi connectivity index (χ3n) is 3.93. The molecular formula is C18H24N4O. The molecule has 0 saturated carbocycles. The van der Waals surface area contributed by atoms with E-state index in [0.29, 0.717) is 23.8 Å². The molecule has 0 fully saturated rings. The van der Waals surface area contributed by atoms with Crippen molar-refractivity contribution in [2.75, 3.05) is 32.1 Å². The Morgan fingerprint density at radius 3 is 2.52 bits per heavy atom. The molecule has 1 aromatic carbocycles. The number of hydrogen-bond acceptors (Lipinski definition) is 4. The van der Waals surface area contributed by atoms with E-state index in [1.165, 1.54) is 0 Å². The highest BCUT2D eigenvalue weighted by Gasteiger charge is 2.20. The van der Waals surface area contributed by atoms with Gasteiger partial charge in [-0.05, 0) is 26.8 Å². The molecule has 0 aliphatic carbocycles. The topological polar surface area (TPSA) is 49.3 Å². The van der Waals surface area contributed by atoms with Crippen LogP contribution in [0.3, 0.4) is 0 Å². The first kappa shape index (κ1) is 16.9. The van der Waals surface area contributed by atoms with Gasteiger partial charge in [0.05, 0.1) is 0 Å². The molecule has 0 spiro atoms. The smallest absolute Gasteiger partial charge is 0.258 e. The number of hydrogen-bond donors (Lipinski definition) is 0. The highest BCUT2D eigenvalue weighted by Crippen LogP contribution is 2.23. The van der Waals surface area contributed by atoms with Crippen molar-refractivity contribution in [3.8, 4) is 11.4 Å². The van der Waals surface area contributed by atoms with Crippen LogP contribution in [0.15, 0.2) is 30.5 Å². The van der Waals surface area contributed by atoms with Gasteiger partial charge < -0.3 is 9.80 Å². The first-order valence-electron chi connectivity index (χ1n) is 7.88. The van der Waals surface area contributed by atoms with E-state index in [4.69, 9.17) is 0 Å². The summed E-state index contributed by atoms with van der Waals surface area (Å²) in [5, 5.41) is 0. The van der Waals surface area contributed by atoms with Crippen LogP contribution in [0.25, 0.3) is 11.4 Å². The van der Waals surface area contributed by atoms with E-state index < -0.39 is 0 Å². The number of rotatable bonds is 5. The minimum absolute atomic E-state index is 0.0569. The maximum atomic E-state index is 12.5. The fourth-order valence-corrected chi connectivity index (χ4v) is 2.24. The van der Waals surface area contributed by atoms with Crippen molar-refractivity contribution in [3.63, 3.8) is 0 Å². The van der Waals surface area contributed by atoms with Crippen molar-refractivity contribution in [1.29, 1.82) is 0 Å². The highest BCUT2D eigenvalue weighted by atomic mass is 16.2. The van der Waals surface area contributed by atoms with Crippen molar-refractivity contribution in [1.82, 2.24) is 14.9 Å². The van der Waals surface area contributed by atoms with Crippen LogP contribution in [-0.4, -0.2) is 48.0 Å². The zero-order valence-corrected chi connectivity index (χ0v) is 14.5.